The summed E-state index contributed by atoms with van der Waals surface area (Å²) in [6.45, 7) is -0.0726. The monoisotopic (exact) mass is 497 g/mol. The number of aromatic nitrogens is 3. The Morgan fingerprint density at radius 1 is 0.784 bits per heavy atom. The Hall–Kier alpha value is -4.79. The lowest BCUT2D eigenvalue weighted by atomic mass is 10.1. The van der Waals surface area contributed by atoms with Crippen molar-refractivity contribution >= 4 is 17.9 Å². The number of nitrogens with zero attached hydrogens (tertiary/aromatic N) is 3. The molecule has 2 amide bonds. The maximum atomic E-state index is 13.2. The van der Waals surface area contributed by atoms with E-state index in [1.54, 1.807) is 24.3 Å². The molecule has 4 aromatic rings. The zero-order valence-corrected chi connectivity index (χ0v) is 20.1. The molecule has 37 heavy (non-hydrogen) atoms. The normalized spacial score (nSPS) is 12.2. The number of esters is 1. The van der Waals surface area contributed by atoms with E-state index >= 15 is 0 Å². The Morgan fingerprint density at radius 3 is 1.97 bits per heavy atom. The number of hydrogen-bond acceptors (Lipinski definition) is 6. The first kappa shape index (κ1) is 25.3. The molecule has 1 aromatic heterocycles. The molecule has 3 aromatic carbocycles. The fourth-order valence-electron chi connectivity index (χ4n) is 3.76. The van der Waals surface area contributed by atoms with Crippen LogP contribution in [0.3, 0.4) is 0 Å². The van der Waals surface area contributed by atoms with Gasteiger partial charge in [-0.25, -0.2) is 14.6 Å². The van der Waals surface area contributed by atoms with Gasteiger partial charge in [0.1, 0.15) is 25.3 Å². The van der Waals surface area contributed by atoms with Crippen LogP contribution >= 0.6 is 0 Å². The molecule has 2 N–H and O–H groups in total. The molecule has 9 heteroatoms. The second-order valence-corrected chi connectivity index (χ2v) is 8.39. The Labute approximate surface area is 214 Å². The molecule has 0 aliphatic carbocycles. The Bertz CT molecular complexity index is 1280. The molecule has 0 aliphatic rings. The van der Waals surface area contributed by atoms with Crippen molar-refractivity contribution in [3.8, 4) is 0 Å². The summed E-state index contributed by atoms with van der Waals surface area (Å²) in [6, 6.07) is 25.7. The largest absolute Gasteiger partial charge is 0.462 e. The maximum absolute atomic E-state index is 13.2. The third-order valence-corrected chi connectivity index (χ3v) is 5.61. The summed E-state index contributed by atoms with van der Waals surface area (Å²) in [5.74, 6) is -0.887. The van der Waals surface area contributed by atoms with Crippen LogP contribution in [0.5, 0.6) is 0 Å². The van der Waals surface area contributed by atoms with Crippen LogP contribution in [0, 0.1) is 0 Å². The van der Waals surface area contributed by atoms with Crippen molar-refractivity contribution in [2.45, 2.75) is 24.9 Å². The molecule has 9 nitrogen and oxygen atoms in total. The Kier molecular flexibility index (Phi) is 8.74. The number of rotatable bonds is 10. The number of benzene rings is 3. The van der Waals surface area contributed by atoms with Crippen LogP contribution in [0.15, 0.2) is 104 Å². The minimum Gasteiger partial charge on any atom is -0.462 e. The summed E-state index contributed by atoms with van der Waals surface area (Å²) in [4.78, 5) is 42.3. The standard InChI is InChI=1S/C28H27N5O4/c34-26(23-14-8-3-9-15-23)31-24(16-21-10-4-1-5-11-21)18-37-27(35)25(17-22-12-6-2-7-13-22)32-28(36)33-20-29-19-30-33/h1-15,19-20,24-25H,16-18H2,(H,31,34)(H,32,36)/t24-,25+/m0/s1. The zero-order chi connectivity index (χ0) is 25.9. The van der Waals surface area contributed by atoms with E-state index < -0.39 is 24.1 Å². The van der Waals surface area contributed by atoms with Gasteiger partial charge in [0.15, 0.2) is 0 Å². The molecule has 0 fully saturated rings. The van der Waals surface area contributed by atoms with Gasteiger partial charge in [0.25, 0.3) is 5.91 Å². The summed E-state index contributed by atoms with van der Waals surface area (Å²) in [7, 11) is 0. The average molecular weight is 498 g/mol. The Balaban J connectivity index is 1.46. The summed E-state index contributed by atoms with van der Waals surface area (Å²) in [5, 5.41) is 9.44. The van der Waals surface area contributed by atoms with Gasteiger partial charge >= 0.3 is 12.0 Å². The highest BCUT2D eigenvalue weighted by Crippen LogP contribution is 2.09. The third-order valence-electron chi connectivity index (χ3n) is 5.61. The number of hydrogen-bond donors (Lipinski definition) is 2. The van der Waals surface area contributed by atoms with E-state index in [1.165, 1.54) is 12.7 Å². The van der Waals surface area contributed by atoms with E-state index in [0.29, 0.717) is 12.0 Å². The number of ether oxygens (including phenoxy) is 1. The molecular weight excluding hydrogens is 470 g/mol. The fraction of sp³-hybridized carbons (Fsp3) is 0.179. The average Bonchev–Trinajstić information content (AvgIpc) is 3.48. The quantitative estimate of drug-likeness (QED) is 0.326. The fourth-order valence-corrected chi connectivity index (χ4v) is 3.76. The molecular formula is C28H27N5O4. The lowest BCUT2D eigenvalue weighted by Gasteiger charge is -2.22. The highest BCUT2D eigenvalue weighted by atomic mass is 16.5. The molecule has 2 atom stereocenters. The van der Waals surface area contributed by atoms with Crippen molar-refractivity contribution < 1.29 is 19.1 Å². The Morgan fingerprint density at radius 2 is 1.38 bits per heavy atom. The van der Waals surface area contributed by atoms with Gasteiger partial charge in [0.2, 0.25) is 0 Å². The zero-order valence-electron chi connectivity index (χ0n) is 20.1. The predicted octanol–water partition coefficient (Wildman–Crippen LogP) is 3.03. The minimum atomic E-state index is -0.971. The molecule has 0 aliphatic heterocycles. The maximum Gasteiger partial charge on any atom is 0.344 e. The van der Waals surface area contributed by atoms with Crippen LogP contribution < -0.4 is 10.6 Å². The van der Waals surface area contributed by atoms with Crippen molar-refractivity contribution in [1.82, 2.24) is 25.4 Å². The van der Waals surface area contributed by atoms with E-state index in [1.807, 2.05) is 66.7 Å². The molecule has 0 bridgehead atoms. The van der Waals surface area contributed by atoms with Crippen molar-refractivity contribution in [3.05, 3.63) is 120 Å². The van der Waals surface area contributed by atoms with E-state index in [-0.39, 0.29) is 18.9 Å². The molecule has 0 spiro atoms. The molecule has 0 saturated carbocycles. The van der Waals surface area contributed by atoms with Crippen LogP contribution in [0.2, 0.25) is 0 Å². The van der Waals surface area contributed by atoms with Gasteiger partial charge in [-0.1, -0.05) is 78.9 Å². The van der Waals surface area contributed by atoms with Crippen molar-refractivity contribution in [2.24, 2.45) is 0 Å². The topological polar surface area (TPSA) is 115 Å². The number of carbonyl (C=O) groups is 3. The van der Waals surface area contributed by atoms with Crippen LogP contribution in [0.1, 0.15) is 21.5 Å². The van der Waals surface area contributed by atoms with Crippen molar-refractivity contribution in [3.63, 3.8) is 0 Å². The first-order valence-electron chi connectivity index (χ1n) is 11.8. The number of amides is 2. The summed E-state index contributed by atoms with van der Waals surface area (Å²) >= 11 is 0. The van der Waals surface area contributed by atoms with Crippen LogP contribution in [-0.4, -0.2) is 51.4 Å². The molecule has 1 heterocycles. The first-order chi connectivity index (χ1) is 18.1. The second kappa shape index (κ2) is 12.8. The smallest absolute Gasteiger partial charge is 0.344 e. The van der Waals surface area contributed by atoms with Gasteiger partial charge in [0, 0.05) is 12.0 Å². The summed E-state index contributed by atoms with van der Waals surface area (Å²) in [5.41, 5.74) is 2.34. The van der Waals surface area contributed by atoms with Crippen LogP contribution in [0.25, 0.3) is 0 Å². The molecule has 188 valence electrons. The van der Waals surface area contributed by atoms with Gasteiger partial charge < -0.3 is 15.4 Å². The molecule has 0 radical (unpaired) electrons. The van der Waals surface area contributed by atoms with Gasteiger partial charge in [0.05, 0.1) is 6.04 Å². The highest BCUT2D eigenvalue weighted by molar-refractivity contribution is 5.94. The molecule has 0 saturated heterocycles. The predicted molar refractivity (Wildman–Crippen MR) is 137 cm³/mol. The van der Waals surface area contributed by atoms with Crippen molar-refractivity contribution in [1.29, 1.82) is 0 Å². The first-order valence-corrected chi connectivity index (χ1v) is 11.8. The van der Waals surface area contributed by atoms with E-state index in [4.69, 9.17) is 4.74 Å². The van der Waals surface area contributed by atoms with Gasteiger partial charge in [-0.3, -0.25) is 4.79 Å². The number of carbonyl (C=O) groups excluding carboxylic acids is 3. The van der Waals surface area contributed by atoms with E-state index in [0.717, 1.165) is 15.8 Å². The van der Waals surface area contributed by atoms with E-state index in [9.17, 15) is 14.4 Å². The van der Waals surface area contributed by atoms with Crippen molar-refractivity contribution in [2.75, 3.05) is 6.61 Å². The van der Waals surface area contributed by atoms with Gasteiger partial charge in [-0.15, -0.1) is 0 Å². The summed E-state index contributed by atoms with van der Waals surface area (Å²) in [6.07, 6.45) is 3.16. The minimum absolute atomic E-state index is 0.0726. The van der Waals surface area contributed by atoms with Gasteiger partial charge in [-0.2, -0.15) is 9.78 Å². The van der Waals surface area contributed by atoms with Gasteiger partial charge in [-0.05, 0) is 29.7 Å². The van der Waals surface area contributed by atoms with Crippen LogP contribution in [0.4, 0.5) is 4.79 Å². The summed E-state index contributed by atoms with van der Waals surface area (Å²) < 4.78 is 6.66. The molecule has 4 rings (SSSR count). The lowest BCUT2D eigenvalue weighted by molar-refractivity contribution is -0.146. The highest BCUT2D eigenvalue weighted by Gasteiger charge is 2.25. The van der Waals surface area contributed by atoms with Crippen LogP contribution in [-0.2, 0) is 22.4 Å². The second-order valence-electron chi connectivity index (χ2n) is 8.39. The lowest BCUT2D eigenvalue weighted by Crippen LogP contribution is -2.47. The third kappa shape index (κ3) is 7.60. The SMILES string of the molecule is O=C(N[C@H](COC(=O)[C@@H](Cc1ccccc1)NC(=O)n1cncn1)Cc1ccccc1)c1ccccc1. The van der Waals surface area contributed by atoms with E-state index in [2.05, 4.69) is 20.7 Å². The molecule has 0 unspecified atom stereocenters. The number of nitrogens with one attached hydrogen (secondary N) is 2.